The fourth-order valence-electron chi connectivity index (χ4n) is 18.6. The van der Waals surface area contributed by atoms with Crippen molar-refractivity contribution < 1.29 is 0 Å². The highest BCUT2D eigenvalue weighted by Gasteiger charge is 2.46. The lowest BCUT2D eigenvalue weighted by molar-refractivity contribution is 0.398. The minimum Gasteiger partial charge on any atom is -0.103 e. The molecular weight excluding hydrogens is 1120 g/mol. The molecule has 0 amide bonds. The Morgan fingerprint density at radius 2 is 0.581 bits per heavy atom. The van der Waals surface area contributed by atoms with Crippen LogP contribution in [-0.4, -0.2) is 0 Å². The molecule has 0 atom stereocenters. The van der Waals surface area contributed by atoms with E-state index in [2.05, 4.69) is 199 Å². The van der Waals surface area contributed by atoms with Crippen molar-refractivity contribution in [3.05, 3.63) is 249 Å². The zero-order chi connectivity index (χ0) is 63.8. The van der Waals surface area contributed by atoms with E-state index in [0.29, 0.717) is 0 Å². The van der Waals surface area contributed by atoms with Crippen molar-refractivity contribution in [3.8, 4) is 55.6 Å². The maximum Gasteiger partial charge on any atom is 0.0215 e. The van der Waals surface area contributed by atoms with Crippen LogP contribution in [0.4, 0.5) is 0 Å². The molecule has 0 aliphatic heterocycles. The van der Waals surface area contributed by atoms with Gasteiger partial charge >= 0.3 is 0 Å². The van der Waals surface area contributed by atoms with Gasteiger partial charge in [0.1, 0.15) is 0 Å². The number of unbranched alkanes of at least 4 members (excludes halogenated alkanes) is 16. The van der Waals surface area contributed by atoms with Crippen molar-refractivity contribution in [2.75, 3.05) is 0 Å². The van der Waals surface area contributed by atoms with Gasteiger partial charge in [-0.25, -0.2) is 0 Å². The normalized spacial score (nSPS) is 15.1. The third kappa shape index (κ3) is 13.2. The molecule has 0 nitrogen and oxygen atoms in total. The second-order valence-electron chi connectivity index (χ2n) is 30.1. The van der Waals surface area contributed by atoms with E-state index < -0.39 is 0 Å². The van der Waals surface area contributed by atoms with Crippen LogP contribution in [0.15, 0.2) is 171 Å². The zero-order valence-electron chi connectivity index (χ0n) is 58.0. The van der Waals surface area contributed by atoms with Crippen molar-refractivity contribution in [1.29, 1.82) is 0 Å². The first-order valence-electron chi connectivity index (χ1n) is 37.9. The Bertz CT molecular complexity index is 3850. The van der Waals surface area contributed by atoms with Gasteiger partial charge in [0.2, 0.25) is 0 Å². The predicted octanol–water partition coefficient (Wildman–Crippen LogP) is 26.5. The van der Waals surface area contributed by atoms with Crippen LogP contribution in [0.3, 0.4) is 0 Å². The Balaban J connectivity index is 0.851. The van der Waals surface area contributed by atoms with Gasteiger partial charge in [0.05, 0.1) is 0 Å². The Hall–Kier alpha value is -6.76. The summed E-state index contributed by atoms with van der Waals surface area (Å²) < 4.78 is 0. The molecule has 93 heavy (non-hydrogen) atoms. The third-order valence-corrected chi connectivity index (χ3v) is 24.0. The van der Waals surface area contributed by atoms with Gasteiger partial charge in [0, 0.05) is 16.2 Å². The Kier molecular flexibility index (Phi) is 20.6. The van der Waals surface area contributed by atoms with Crippen molar-refractivity contribution in [2.45, 2.75) is 262 Å². The maximum atomic E-state index is 4.29. The van der Waals surface area contributed by atoms with Gasteiger partial charge in [-0.05, 0) is 276 Å². The molecule has 8 aromatic carbocycles. The van der Waals surface area contributed by atoms with Gasteiger partial charge in [-0.3, -0.25) is 0 Å². The summed E-state index contributed by atoms with van der Waals surface area (Å²) in [5.41, 5.74) is 35.7. The van der Waals surface area contributed by atoms with Crippen LogP contribution in [0.25, 0.3) is 55.6 Å². The lowest BCUT2D eigenvalue weighted by Gasteiger charge is -2.34. The fourth-order valence-corrected chi connectivity index (χ4v) is 18.6. The lowest BCUT2D eigenvalue weighted by atomic mass is 9.69. The molecule has 0 bridgehead atoms. The van der Waals surface area contributed by atoms with Gasteiger partial charge < -0.3 is 0 Å². The molecule has 482 valence electrons. The second-order valence-corrected chi connectivity index (χ2v) is 30.1. The van der Waals surface area contributed by atoms with E-state index in [1.165, 1.54) is 269 Å². The van der Waals surface area contributed by atoms with Crippen LogP contribution in [0, 0.1) is 13.8 Å². The van der Waals surface area contributed by atoms with E-state index in [0.717, 1.165) is 38.5 Å². The number of fused-ring (bicyclic) bond motifs is 11. The quantitative estimate of drug-likeness (QED) is 0.0271. The predicted molar refractivity (Wildman–Crippen MR) is 402 cm³/mol. The first-order chi connectivity index (χ1) is 45.7. The van der Waals surface area contributed by atoms with E-state index >= 15 is 0 Å². The average Bonchev–Trinajstić information content (AvgIpc) is 1.58. The molecule has 5 aliphatic rings. The van der Waals surface area contributed by atoms with Gasteiger partial charge in [-0.2, -0.15) is 0 Å². The number of benzene rings is 8. The number of aryl methyl sites for hydroxylation is 8. The highest BCUT2D eigenvalue weighted by molar-refractivity contribution is 5.90. The largest absolute Gasteiger partial charge is 0.103 e. The van der Waals surface area contributed by atoms with Crippen LogP contribution in [0.5, 0.6) is 0 Å². The standard InChI is InChI=1S/C93H110/c1-7-11-15-17-19-27-55-91(56-28-20-18-16-12-8-2)85-59-67(5)33-47-79(85)81-49-43-75(63-87(81)91)77-45-51-83-84-52-46-78(66-90(84)93(89(83)65-77,53-25-13-9-3)54-26-14-10-4)76-44-50-82-80-48-34-68(6)60-86(80)92(88(82)64-76,57-29-21-23-31-69-35-37-71-39-41-73(71)61-69)58-30-22-24-32-70-36-38-72-40-42-74(72)62-70/h9-10,33-38,43-52,59-66H,3-4,7-8,11-32,39-42,53-58H2,1-2,5-6H3. The Morgan fingerprint density at radius 3 is 0.892 bits per heavy atom. The fraction of sp³-hybridized carbons (Fsp3) is 0.441. The summed E-state index contributed by atoms with van der Waals surface area (Å²) in [5, 5.41) is 0. The molecular formula is C93H110. The monoisotopic (exact) mass is 1230 g/mol. The van der Waals surface area contributed by atoms with E-state index in [4.69, 9.17) is 0 Å². The molecule has 13 rings (SSSR count). The van der Waals surface area contributed by atoms with Crippen LogP contribution >= 0.6 is 0 Å². The average molecular weight is 1230 g/mol. The molecule has 0 saturated heterocycles. The summed E-state index contributed by atoms with van der Waals surface area (Å²) in [5.74, 6) is 0. The van der Waals surface area contributed by atoms with Crippen LogP contribution in [0.2, 0.25) is 0 Å². The molecule has 0 radical (unpaired) electrons. The zero-order valence-corrected chi connectivity index (χ0v) is 58.0. The number of hydrogen-bond donors (Lipinski definition) is 0. The topological polar surface area (TPSA) is 0 Å². The molecule has 0 saturated carbocycles. The van der Waals surface area contributed by atoms with Crippen LogP contribution in [0.1, 0.15) is 272 Å². The highest BCUT2D eigenvalue weighted by atomic mass is 14.5. The summed E-state index contributed by atoms with van der Waals surface area (Å²) in [6.07, 6.45) is 46.6. The first-order valence-corrected chi connectivity index (χ1v) is 37.9. The van der Waals surface area contributed by atoms with Crippen LogP contribution in [-0.2, 0) is 54.8 Å². The van der Waals surface area contributed by atoms with E-state index in [1.54, 1.807) is 44.5 Å². The second kappa shape index (κ2) is 29.5. The molecule has 0 unspecified atom stereocenters. The van der Waals surface area contributed by atoms with Gasteiger partial charge in [-0.1, -0.05) is 261 Å². The number of allylic oxidation sites excluding steroid dienone is 2. The van der Waals surface area contributed by atoms with E-state index in [9.17, 15) is 0 Å². The molecule has 5 aliphatic carbocycles. The molecule has 0 heteroatoms. The maximum absolute atomic E-state index is 4.29. The number of rotatable bonds is 36. The summed E-state index contributed by atoms with van der Waals surface area (Å²) >= 11 is 0. The summed E-state index contributed by atoms with van der Waals surface area (Å²) in [7, 11) is 0. The number of hydrogen-bond acceptors (Lipinski definition) is 0. The minimum atomic E-state index is -0.137. The van der Waals surface area contributed by atoms with Gasteiger partial charge in [0.15, 0.2) is 0 Å². The third-order valence-electron chi connectivity index (χ3n) is 24.0. The molecule has 0 aromatic heterocycles. The highest BCUT2D eigenvalue weighted by Crippen LogP contribution is 2.60. The van der Waals surface area contributed by atoms with Crippen molar-refractivity contribution in [2.24, 2.45) is 0 Å². The SMILES string of the molecule is C=CCCCC1(CCCC=C)c2cc(-c3ccc4c(c3)C(CCCCCCCC)(CCCCCCCC)c3cc(C)ccc3-4)ccc2-c2ccc(-c3ccc4c(c3)C(CCCCCc3ccc5c(c3)CC5)(CCCCCc3ccc5c(c3)CC5)c3cc(C)ccc3-4)cc21. The van der Waals surface area contributed by atoms with Crippen molar-refractivity contribution in [1.82, 2.24) is 0 Å². The van der Waals surface area contributed by atoms with Crippen molar-refractivity contribution >= 4 is 0 Å². The lowest BCUT2D eigenvalue weighted by Crippen LogP contribution is -2.26. The summed E-state index contributed by atoms with van der Waals surface area (Å²) in [6, 6.07) is 60.5. The van der Waals surface area contributed by atoms with E-state index in [-0.39, 0.29) is 16.2 Å². The summed E-state index contributed by atoms with van der Waals surface area (Å²) in [6.45, 7) is 17.9. The van der Waals surface area contributed by atoms with Crippen molar-refractivity contribution in [3.63, 3.8) is 0 Å². The molecule has 8 aromatic rings. The molecule has 0 N–H and O–H groups in total. The molecule has 0 heterocycles. The first kappa shape index (κ1) is 64.9. The smallest absolute Gasteiger partial charge is 0.0215 e. The molecule has 0 fully saturated rings. The van der Waals surface area contributed by atoms with Gasteiger partial charge in [-0.15, -0.1) is 13.2 Å². The summed E-state index contributed by atoms with van der Waals surface area (Å²) in [4.78, 5) is 0. The Labute approximate surface area is 563 Å². The molecule has 0 spiro atoms. The van der Waals surface area contributed by atoms with Gasteiger partial charge in [0.25, 0.3) is 0 Å². The van der Waals surface area contributed by atoms with E-state index in [1.807, 2.05) is 0 Å². The van der Waals surface area contributed by atoms with Crippen LogP contribution < -0.4 is 0 Å². The Morgan fingerprint density at radius 1 is 0.290 bits per heavy atom. The minimum absolute atomic E-state index is 0.0259.